The van der Waals surface area contributed by atoms with Crippen LogP contribution in [-0.4, -0.2) is 90.9 Å². The van der Waals surface area contributed by atoms with Crippen LogP contribution in [0.15, 0.2) is 12.4 Å². The lowest BCUT2D eigenvalue weighted by Crippen LogP contribution is -2.49. The highest BCUT2D eigenvalue weighted by molar-refractivity contribution is 7.88. The number of hydrogen-bond acceptors (Lipinski definition) is 10. The molecule has 11 nitrogen and oxygen atoms in total. The fraction of sp³-hybridized carbons (Fsp3) is 0.600. The molecule has 0 bridgehead atoms. The lowest BCUT2D eigenvalue weighted by molar-refractivity contribution is 0.122. The summed E-state index contributed by atoms with van der Waals surface area (Å²) in [5, 5.41) is 0. The molecule has 2 aromatic heterocycles. The number of rotatable bonds is 4. The minimum absolute atomic E-state index is 0.0858. The maximum atomic E-state index is 12.2. The van der Waals surface area contributed by atoms with E-state index in [2.05, 4.69) is 19.8 Å². The first kappa shape index (κ1) is 21.3. The molecule has 172 valence electrons. The van der Waals surface area contributed by atoms with Gasteiger partial charge >= 0.3 is 0 Å². The van der Waals surface area contributed by atoms with Crippen molar-refractivity contribution in [1.29, 1.82) is 0 Å². The van der Waals surface area contributed by atoms with Gasteiger partial charge in [0, 0.05) is 62.3 Å². The zero-order chi connectivity index (χ0) is 22.3. The molecule has 0 spiro atoms. The van der Waals surface area contributed by atoms with E-state index in [1.54, 1.807) is 16.7 Å². The van der Waals surface area contributed by atoms with Gasteiger partial charge in [0.15, 0.2) is 0 Å². The Bertz CT molecular complexity index is 1090. The van der Waals surface area contributed by atoms with Crippen LogP contribution in [0.2, 0.25) is 0 Å². The Labute approximate surface area is 187 Å². The van der Waals surface area contributed by atoms with Crippen LogP contribution >= 0.6 is 0 Å². The third-order valence-corrected chi connectivity index (χ3v) is 7.63. The van der Waals surface area contributed by atoms with E-state index in [-0.39, 0.29) is 12.0 Å². The van der Waals surface area contributed by atoms with Gasteiger partial charge in [-0.05, 0) is 19.3 Å². The first-order chi connectivity index (χ1) is 15.4. The lowest BCUT2D eigenvalue weighted by atomic mass is 10.1. The van der Waals surface area contributed by atoms with E-state index in [4.69, 9.17) is 20.4 Å². The molecule has 2 aromatic rings. The second kappa shape index (κ2) is 8.41. The molecule has 3 aliphatic rings. The van der Waals surface area contributed by atoms with Crippen molar-refractivity contribution in [3.05, 3.63) is 18.0 Å². The predicted molar refractivity (Wildman–Crippen MR) is 121 cm³/mol. The van der Waals surface area contributed by atoms with Crippen LogP contribution in [-0.2, 0) is 21.2 Å². The maximum Gasteiger partial charge on any atom is 0.228 e. The van der Waals surface area contributed by atoms with Gasteiger partial charge in [0.25, 0.3) is 0 Å². The lowest BCUT2D eigenvalue weighted by Gasteiger charge is -2.37. The van der Waals surface area contributed by atoms with Gasteiger partial charge in [0.1, 0.15) is 5.82 Å². The molecule has 5 rings (SSSR count). The molecule has 32 heavy (non-hydrogen) atoms. The summed E-state index contributed by atoms with van der Waals surface area (Å²) >= 11 is 0. The van der Waals surface area contributed by atoms with Crippen molar-refractivity contribution < 1.29 is 13.2 Å². The standard InChI is InChI=1S/C20H28N8O3S/c1-32(29,30)27-5-2-3-15(13-27)28-6-4-16-17(14-11-22-19(21)23-12-14)24-20(25-18(16)28)26-7-9-31-10-8-26/h11-12,15H,2-10,13H2,1H3,(H2,21,22,23)/t15-/m1/s1. The van der Waals surface area contributed by atoms with Crippen molar-refractivity contribution in [3.63, 3.8) is 0 Å². The normalized spacial score (nSPS) is 22.2. The number of ether oxygens (including phenoxy) is 1. The van der Waals surface area contributed by atoms with Crippen LogP contribution < -0.4 is 15.5 Å². The second-order valence-corrected chi connectivity index (χ2v) is 10.4. The van der Waals surface area contributed by atoms with Crippen molar-refractivity contribution in [1.82, 2.24) is 24.2 Å². The zero-order valence-electron chi connectivity index (χ0n) is 18.1. The van der Waals surface area contributed by atoms with Crippen LogP contribution in [0.1, 0.15) is 18.4 Å². The number of piperidine rings is 1. The molecule has 12 heteroatoms. The Kier molecular flexibility index (Phi) is 5.59. The molecule has 5 heterocycles. The van der Waals surface area contributed by atoms with Gasteiger partial charge < -0.3 is 20.3 Å². The quantitative estimate of drug-likeness (QED) is 0.672. The number of hydrogen-bond donors (Lipinski definition) is 1. The van der Waals surface area contributed by atoms with Crippen molar-refractivity contribution >= 4 is 27.7 Å². The monoisotopic (exact) mass is 460 g/mol. The fourth-order valence-electron chi connectivity index (χ4n) is 4.70. The maximum absolute atomic E-state index is 12.2. The summed E-state index contributed by atoms with van der Waals surface area (Å²) in [6.45, 7) is 4.56. The molecule has 0 aliphatic carbocycles. The Morgan fingerprint density at radius 2 is 1.84 bits per heavy atom. The van der Waals surface area contributed by atoms with E-state index in [1.807, 2.05) is 0 Å². The average Bonchev–Trinajstić information content (AvgIpc) is 3.23. The minimum atomic E-state index is -3.22. The first-order valence-electron chi connectivity index (χ1n) is 10.9. The average molecular weight is 461 g/mol. The number of anilines is 3. The van der Waals surface area contributed by atoms with Crippen LogP contribution in [0.5, 0.6) is 0 Å². The zero-order valence-corrected chi connectivity index (χ0v) is 19.0. The Morgan fingerprint density at radius 3 is 2.56 bits per heavy atom. The molecular formula is C20H28N8O3S. The summed E-state index contributed by atoms with van der Waals surface area (Å²) in [5.41, 5.74) is 8.36. The Morgan fingerprint density at radius 1 is 1.09 bits per heavy atom. The number of nitrogen functional groups attached to an aromatic ring is 1. The molecule has 0 amide bonds. The molecule has 2 fully saturated rings. The van der Waals surface area contributed by atoms with Gasteiger partial charge in [0.05, 0.1) is 25.2 Å². The van der Waals surface area contributed by atoms with Gasteiger partial charge in [-0.3, -0.25) is 0 Å². The van der Waals surface area contributed by atoms with Crippen LogP contribution in [0.25, 0.3) is 11.3 Å². The van der Waals surface area contributed by atoms with Crippen LogP contribution in [0.3, 0.4) is 0 Å². The number of nitrogens with two attached hydrogens (primary N) is 1. The van der Waals surface area contributed by atoms with Crippen molar-refractivity contribution in [2.75, 3.05) is 67.7 Å². The summed E-state index contributed by atoms with van der Waals surface area (Å²) < 4.78 is 31.4. The third kappa shape index (κ3) is 4.09. The highest BCUT2D eigenvalue weighted by Crippen LogP contribution is 2.37. The summed E-state index contributed by atoms with van der Waals surface area (Å²) in [6, 6.07) is 0.0858. The topological polar surface area (TPSA) is 131 Å². The highest BCUT2D eigenvalue weighted by Gasteiger charge is 2.36. The van der Waals surface area contributed by atoms with Gasteiger partial charge in [-0.25, -0.2) is 27.7 Å². The second-order valence-electron chi connectivity index (χ2n) is 8.46. The van der Waals surface area contributed by atoms with E-state index < -0.39 is 10.0 Å². The highest BCUT2D eigenvalue weighted by atomic mass is 32.2. The summed E-state index contributed by atoms with van der Waals surface area (Å²) in [5.74, 6) is 1.76. The number of morpholine rings is 1. The predicted octanol–water partition coefficient (Wildman–Crippen LogP) is 0.139. The molecule has 0 aromatic carbocycles. The van der Waals surface area contributed by atoms with E-state index >= 15 is 0 Å². The smallest absolute Gasteiger partial charge is 0.228 e. The SMILES string of the molecule is CS(=O)(=O)N1CCC[C@@H](N2CCc3c(-c4cnc(N)nc4)nc(N4CCOCC4)nc32)C1. The fourth-order valence-corrected chi connectivity index (χ4v) is 5.61. The van der Waals surface area contributed by atoms with Gasteiger partial charge in [0.2, 0.25) is 21.9 Å². The summed E-state index contributed by atoms with van der Waals surface area (Å²) in [4.78, 5) is 22.6. The number of fused-ring (bicyclic) bond motifs is 1. The molecule has 2 N–H and O–H groups in total. The molecule has 1 atom stereocenters. The van der Waals surface area contributed by atoms with E-state index in [9.17, 15) is 8.42 Å². The molecular weight excluding hydrogens is 432 g/mol. The Balaban J connectivity index is 1.55. The molecule has 0 radical (unpaired) electrons. The van der Waals surface area contributed by atoms with Gasteiger partial charge in [-0.2, -0.15) is 4.98 Å². The van der Waals surface area contributed by atoms with Crippen molar-refractivity contribution in [2.24, 2.45) is 0 Å². The number of nitrogens with zero attached hydrogens (tertiary/aromatic N) is 7. The first-order valence-corrected chi connectivity index (χ1v) is 12.8. The molecule has 3 aliphatic heterocycles. The van der Waals surface area contributed by atoms with Gasteiger partial charge in [-0.15, -0.1) is 0 Å². The van der Waals surface area contributed by atoms with Gasteiger partial charge in [-0.1, -0.05) is 0 Å². The minimum Gasteiger partial charge on any atom is -0.378 e. The van der Waals surface area contributed by atoms with E-state index in [1.165, 1.54) is 6.26 Å². The molecule has 0 saturated carbocycles. The van der Waals surface area contributed by atoms with Crippen molar-refractivity contribution in [3.8, 4) is 11.3 Å². The van der Waals surface area contributed by atoms with E-state index in [0.29, 0.717) is 32.3 Å². The third-order valence-electron chi connectivity index (χ3n) is 6.36. The molecule has 2 saturated heterocycles. The number of aromatic nitrogens is 4. The Hall–Kier alpha value is -2.57. The van der Waals surface area contributed by atoms with Crippen LogP contribution in [0, 0.1) is 0 Å². The van der Waals surface area contributed by atoms with Crippen LogP contribution in [0.4, 0.5) is 17.7 Å². The van der Waals surface area contributed by atoms with E-state index in [0.717, 1.165) is 61.5 Å². The largest absolute Gasteiger partial charge is 0.378 e. The van der Waals surface area contributed by atoms with Crippen molar-refractivity contribution in [2.45, 2.75) is 25.3 Å². The summed E-state index contributed by atoms with van der Waals surface area (Å²) in [7, 11) is -3.22. The molecule has 0 unspecified atom stereocenters. The number of sulfonamides is 1. The summed E-state index contributed by atoms with van der Waals surface area (Å²) in [6.07, 6.45) is 7.23.